The van der Waals surface area contributed by atoms with Gasteiger partial charge in [0.15, 0.2) is 5.78 Å². The molecule has 1 aromatic rings. The van der Waals surface area contributed by atoms with Crippen molar-refractivity contribution in [2.24, 2.45) is 0 Å². The summed E-state index contributed by atoms with van der Waals surface area (Å²) in [6.45, 7) is 7.53. The number of carbonyl (C=O) groups is 2. The van der Waals surface area contributed by atoms with Gasteiger partial charge in [0.1, 0.15) is 0 Å². The summed E-state index contributed by atoms with van der Waals surface area (Å²) in [7, 11) is 1.34. The Hall–Kier alpha value is -1.64. The van der Waals surface area contributed by atoms with E-state index in [1.54, 1.807) is 12.1 Å². The van der Waals surface area contributed by atoms with E-state index in [9.17, 15) is 9.59 Å². The largest absolute Gasteiger partial charge is 0.465 e. The van der Waals surface area contributed by atoms with Gasteiger partial charge in [0.25, 0.3) is 0 Å². The summed E-state index contributed by atoms with van der Waals surface area (Å²) < 4.78 is 4.76. The fourth-order valence-corrected chi connectivity index (χ4v) is 1.70. The molecule has 1 aromatic carbocycles. The second-order valence-electron chi connectivity index (χ2n) is 5.06. The van der Waals surface area contributed by atoms with Crippen LogP contribution in [0.2, 0.25) is 0 Å². The van der Waals surface area contributed by atoms with Gasteiger partial charge in [-0.15, -0.1) is 0 Å². The number of benzene rings is 1. The zero-order valence-electron chi connectivity index (χ0n) is 11.0. The van der Waals surface area contributed by atoms with E-state index in [0.29, 0.717) is 11.1 Å². The highest BCUT2D eigenvalue weighted by molar-refractivity contribution is 5.98. The molecule has 0 saturated heterocycles. The van der Waals surface area contributed by atoms with Gasteiger partial charge in [-0.3, -0.25) is 4.79 Å². The molecular weight excluding hydrogens is 216 g/mol. The number of Topliss-reactive ketones (excluding diaryl/α,β-unsaturated/α-hetero) is 1. The summed E-state index contributed by atoms with van der Waals surface area (Å²) in [5.74, 6) is -0.464. The van der Waals surface area contributed by atoms with Gasteiger partial charge >= 0.3 is 5.97 Å². The average molecular weight is 234 g/mol. The van der Waals surface area contributed by atoms with Crippen LogP contribution in [0.25, 0.3) is 0 Å². The highest BCUT2D eigenvalue weighted by Crippen LogP contribution is 2.27. The van der Waals surface area contributed by atoms with Crippen molar-refractivity contribution < 1.29 is 14.3 Å². The van der Waals surface area contributed by atoms with Crippen LogP contribution in [0.1, 0.15) is 54.0 Å². The molecule has 0 unspecified atom stereocenters. The first-order chi connectivity index (χ1) is 7.77. The number of carbonyl (C=O) groups excluding carboxylic acids is 2. The van der Waals surface area contributed by atoms with Crippen LogP contribution >= 0.6 is 0 Å². The van der Waals surface area contributed by atoms with Gasteiger partial charge in [-0.25, -0.2) is 4.79 Å². The molecule has 0 aromatic heterocycles. The zero-order valence-corrected chi connectivity index (χ0v) is 11.0. The third-order valence-electron chi connectivity index (χ3n) is 2.64. The summed E-state index contributed by atoms with van der Waals surface area (Å²) in [5, 5.41) is 0. The van der Waals surface area contributed by atoms with Crippen LogP contribution in [0, 0.1) is 0 Å². The van der Waals surface area contributed by atoms with Gasteiger partial charge in [-0.2, -0.15) is 0 Å². The molecule has 3 nitrogen and oxygen atoms in total. The van der Waals surface area contributed by atoms with Crippen LogP contribution in [0.4, 0.5) is 0 Å². The van der Waals surface area contributed by atoms with Crippen molar-refractivity contribution in [2.75, 3.05) is 7.11 Å². The molecule has 0 spiro atoms. The number of ketones is 1. The van der Waals surface area contributed by atoms with Crippen molar-refractivity contribution in [3.63, 3.8) is 0 Å². The Balaban J connectivity index is 3.42. The maximum Gasteiger partial charge on any atom is 0.338 e. The van der Waals surface area contributed by atoms with Crippen LogP contribution in [0.5, 0.6) is 0 Å². The predicted octanol–water partition coefficient (Wildman–Crippen LogP) is 2.97. The minimum absolute atomic E-state index is 0.0596. The molecule has 0 aliphatic heterocycles. The lowest BCUT2D eigenvalue weighted by molar-refractivity contribution is 0.0598. The average Bonchev–Trinajstić information content (AvgIpc) is 2.25. The van der Waals surface area contributed by atoms with E-state index < -0.39 is 5.97 Å². The smallest absolute Gasteiger partial charge is 0.338 e. The van der Waals surface area contributed by atoms with E-state index >= 15 is 0 Å². The van der Waals surface area contributed by atoms with Crippen LogP contribution < -0.4 is 0 Å². The first-order valence-electron chi connectivity index (χ1n) is 5.51. The van der Waals surface area contributed by atoms with Gasteiger partial charge in [-0.1, -0.05) is 32.9 Å². The highest BCUT2D eigenvalue weighted by atomic mass is 16.5. The van der Waals surface area contributed by atoms with Gasteiger partial charge in [0, 0.05) is 5.56 Å². The fourth-order valence-electron chi connectivity index (χ4n) is 1.70. The van der Waals surface area contributed by atoms with Gasteiger partial charge in [0.05, 0.1) is 12.7 Å². The van der Waals surface area contributed by atoms with Crippen LogP contribution in [0.15, 0.2) is 18.2 Å². The summed E-state index contributed by atoms with van der Waals surface area (Å²) >= 11 is 0. The lowest BCUT2D eigenvalue weighted by Crippen LogP contribution is -2.18. The first-order valence-corrected chi connectivity index (χ1v) is 5.51. The number of rotatable bonds is 2. The Morgan fingerprint density at radius 2 is 1.76 bits per heavy atom. The number of esters is 1. The molecule has 92 valence electrons. The Morgan fingerprint density at radius 1 is 1.18 bits per heavy atom. The molecule has 0 N–H and O–H groups in total. The fraction of sp³-hybridized carbons (Fsp3) is 0.429. The second-order valence-corrected chi connectivity index (χ2v) is 5.06. The molecule has 0 fully saturated rings. The molecule has 0 amide bonds. The van der Waals surface area contributed by atoms with Crippen molar-refractivity contribution >= 4 is 11.8 Å². The normalized spacial score (nSPS) is 11.1. The van der Waals surface area contributed by atoms with E-state index in [1.807, 2.05) is 26.8 Å². The molecule has 0 aliphatic rings. The maximum atomic E-state index is 11.7. The standard InChI is InChI=1S/C14H18O3/c1-9(15)10-6-7-12(14(2,3)4)11(8-10)13(16)17-5/h6-8H,1-5H3. The third-order valence-corrected chi connectivity index (χ3v) is 2.64. The predicted molar refractivity (Wildman–Crippen MR) is 66.5 cm³/mol. The van der Waals surface area contributed by atoms with Gasteiger partial charge in [-0.05, 0) is 24.0 Å². The summed E-state index contributed by atoms with van der Waals surface area (Å²) in [6.07, 6.45) is 0. The second kappa shape index (κ2) is 4.70. The molecule has 1 rings (SSSR count). The van der Waals surface area contributed by atoms with Crippen molar-refractivity contribution in [3.8, 4) is 0 Å². The monoisotopic (exact) mass is 234 g/mol. The van der Waals surface area contributed by atoms with Crippen LogP contribution in [-0.2, 0) is 10.2 Å². The topological polar surface area (TPSA) is 43.4 Å². The molecule has 0 heterocycles. The van der Waals surface area contributed by atoms with Crippen LogP contribution in [-0.4, -0.2) is 18.9 Å². The quantitative estimate of drug-likeness (QED) is 0.583. The van der Waals surface area contributed by atoms with Crippen molar-refractivity contribution in [1.82, 2.24) is 0 Å². The van der Waals surface area contributed by atoms with Crippen molar-refractivity contribution in [3.05, 3.63) is 34.9 Å². The number of hydrogen-bond donors (Lipinski definition) is 0. The molecule has 0 aliphatic carbocycles. The molecular formula is C14H18O3. The Morgan fingerprint density at radius 3 is 2.18 bits per heavy atom. The van der Waals surface area contributed by atoms with E-state index in [1.165, 1.54) is 14.0 Å². The van der Waals surface area contributed by atoms with E-state index in [-0.39, 0.29) is 11.2 Å². The van der Waals surface area contributed by atoms with E-state index in [2.05, 4.69) is 0 Å². The van der Waals surface area contributed by atoms with Crippen LogP contribution in [0.3, 0.4) is 0 Å². The lowest BCUT2D eigenvalue weighted by Gasteiger charge is -2.22. The SMILES string of the molecule is COC(=O)c1cc(C(C)=O)ccc1C(C)(C)C. The van der Waals surface area contributed by atoms with Gasteiger partial charge < -0.3 is 4.74 Å². The van der Waals surface area contributed by atoms with Crippen molar-refractivity contribution in [1.29, 1.82) is 0 Å². The summed E-state index contributed by atoms with van der Waals surface area (Å²) in [6, 6.07) is 5.17. The maximum absolute atomic E-state index is 11.7. The Labute approximate surface area is 102 Å². The Kier molecular flexibility index (Phi) is 3.71. The van der Waals surface area contributed by atoms with E-state index in [4.69, 9.17) is 4.74 Å². The lowest BCUT2D eigenvalue weighted by atomic mass is 9.83. The highest BCUT2D eigenvalue weighted by Gasteiger charge is 2.23. The number of ether oxygens (including phenoxy) is 1. The molecule has 0 radical (unpaired) electrons. The molecule has 3 heteroatoms. The Bertz CT molecular complexity index is 453. The van der Waals surface area contributed by atoms with E-state index in [0.717, 1.165) is 5.56 Å². The number of methoxy groups -OCH3 is 1. The molecule has 0 bridgehead atoms. The molecule has 17 heavy (non-hydrogen) atoms. The molecule has 0 saturated carbocycles. The third kappa shape index (κ3) is 2.93. The first kappa shape index (κ1) is 13.4. The zero-order chi connectivity index (χ0) is 13.2. The van der Waals surface area contributed by atoms with Gasteiger partial charge in [0.2, 0.25) is 0 Å². The number of hydrogen-bond acceptors (Lipinski definition) is 3. The summed E-state index contributed by atoms with van der Waals surface area (Å²) in [5.41, 5.74) is 1.71. The minimum Gasteiger partial charge on any atom is -0.465 e. The summed E-state index contributed by atoms with van der Waals surface area (Å²) in [4.78, 5) is 23.0. The molecule has 0 atom stereocenters. The minimum atomic E-state index is -0.405. The van der Waals surface area contributed by atoms with Crippen molar-refractivity contribution in [2.45, 2.75) is 33.1 Å².